The Morgan fingerprint density at radius 3 is 2.70 bits per heavy atom. The van der Waals surface area contributed by atoms with Crippen LogP contribution < -0.4 is 15.2 Å². The van der Waals surface area contributed by atoms with Gasteiger partial charge >= 0.3 is 0 Å². The molecule has 1 fully saturated rings. The van der Waals surface area contributed by atoms with E-state index in [4.69, 9.17) is 15.2 Å². The predicted octanol–water partition coefficient (Wildman–Crippen LogP) is 1.66. The summed E-state index contributed by atoms with van der Waals surface area (Å²) in [6.07, 6.45) is 1.68. The zero-order chi connectivity index (χ0) is 14.7. The summed E-state index contributed by atoms with van der Waals surface area (Å²) in [6, 6.07) is 5.59. The number of likely N-dealkylation sites (tertiary alicyclic amines) is 1. The third-order valence-electron chi connectivity index (χ3n) is 3.82. The van der Waals surface area contributed by atoms with Crippen molar-refractivity contribution in [1.82, 2.24) is 4.90 Å². The number of hydrogen-bond acceptors (Lipinski definition) is 4. The van der Waals surface area contributed by atoms with E-state index in [1.54, 1.807) is 32.4 Å². The average molecular weight is 278 g/mol. The van der Waals surface area contributed by atoms with Crippen LogP contribution in [0.5, 0.6) is 11.5 Å². The first-order chi connectivity index (χ1) is 9.56. The Labute approximate surface area is 119 Å². The van der Waals surface area contributed by atoms with Gasteiger partial charge in [-0.1, -0.05) is 0 Å². The van der Waals surface area contributed by atoms with Crippen LogP contribution in [0, 0.1) is 0 Å². The fourth-order valence-corrected chi connectivity index (χ4v) is 2.64. The predicted molar refractivity (Wildman–Crippen MR) is 77.3 cm³/mol. The summed E-state index contributed by atoms with van der Waals surface area (Å²) in [6.45, 7) is 2.73. The van der Waals surface area contributed by atoms with Crippen molar-refractivity contribution in [2.45, 2.75) is 31.8 Å². The fourth-order valence-electron chi connectivity index (χ4n) is 2.64. The maximum atomic E-state index is 12.7. The lowest BCUT2D eigenvalue weighted by Gasteiger charge is -2.36. The highest BCUT2D eigenvalue weighted by Crippen LogP contribution is 2.27. The highest BCUT2D eigenvalue weighted by Gasteiger charge is 2.29. The van der Waals surface area contributed by atoms with Gasteiger partial charge in [-0.15, -0.1) is 0 Å². The topological polar surface area (TPSA) is 64.8 Å². The number of piperidine rings is 1. The third kappa shape index (κ3) is 2.88. The van der Waals surface area contributed by atoms with Gasteiger partial charge in [-0.05, 0) is 31.9 Å². The van der Waals surface area contributed by atoms with Gasteiger partial charge in [-0.2, -0.15) is 0 Å². The van der Waals surface area contributed by atoms with Crippen molar-refractivity contribution in [1.29, 1.82) is 0 Å². The van der Waals surface area contributed by atoms with E-state index in [0.717, 1.165) is 12.8 Å². The molecule has 5 heteroatoms. The lowest BCUT2D eigenvalue weighted by molar-refractivity contribution is 0.0615. The average Bonchev–Trinajstić information content (AvgIpc) is 2.46. The number of nitrogens with zero attached hydrogens (tertiary/aromatic N) is 1. The summed E-state index contributed by atoms with van der Waals surface area (Å²) in [4.78, 5) is 14.5. The molecule has 2 atom stereocenters. The summed E-state index contributed by atoms with van der Waals surface area (Å²) in [5.41, 5.74) is 6.51. The van der Waals surface area contributed by atoms with Crippen LogP contribution in [0.4, 0.5) is 0 Å². The second-order valence-electron chi connectivity index (χ2n) is 5.20. The monoisotopic (exact) mass is 278 g/mol. The fraction of sp³-hybridized carbons (Fsp3) is 0.533. The number of hydrogen-bond donors (Lipinski definition) is 1. The SMILES string of the molecule is COc1ccc(C(=O)N2CCC(N)CC2C)c(OC)c1. The summed E-state index contributed by atoms with van der Waals surface area (Å²) in [5, 5.41) is 0. The molecule has 20 heavy (non-hydrogen) atoms. The molecule has 5 nitrogen and oxygen atoms in total. The van der Waals surface area contributed by atoms with Gasteiger partial charge in [0.25, 0.3) is 5.91 Å². The van der Waals surface area contributed by atoms with E-state index in [1.165, 1.54) is 0 Å². The normalized spacial score (nSPS) is 22.5. The van der Waals surface area contributed by atoms with Gasteiger partial charge in [0, 0.05) is 24.7 Å². The molecule has 1 aliphatic rings. The molecule has 1 saturated heterocycles. The van der Waals surface area contributed by atoms with Gasteiger partial charge < -0.3 is 20.1 Å². The Bertz CT molecular complexity index is 490. The maximum Gasteiger partial charge on any atom is 0.257 e. The minimum absolute atomic E-state index is 0.0103. The largest absolute Gasteiger partial charge is 0.497 e. The molecule has 1 amide bonds. The van der Waals surface area contributed by atoms with E-state index in [0.29, 0.717) is 23.6 Å². The molecule has 1 aromatic carbocycles. The Hall–Kier alpha value is -1.75. The molecule has 2 N–H and O–H groups in total. The standard InChI is InChI=1S/C15H22N2O3/c1-10-8-11(16)6-7-17(10)15(18)13-5-4-12(19-2)9-14(13)20-3/h4-5,9-11H,6-8,16H2,1-3H3. The Morgan fingerprint density at radius 1 is 1.35 bits per heavy atom. The molecule has 2 rings (SSSR count). The van der Waals surface area contributed by atoms with Crippen LogP contribution in [-0.2, 0) is 0 Å². The van der Waals surface area contributed by atoms with Crippen molar-refractivity contribution in [3.05, 3.63) is 23.8 Å². The van der Waals surface area contributed by atoms with Crippen molar-refractivity contribution in [3.63, 3.8) is 0 Å². The van der Waals surface area contributed by atoms with Crippen LogP contribution in [0.1, 0.15) is 30.1 Å². The number of benzene rings is 1. The molecule has 1 heterocycles. The van der Waals surface area contributed by atoms with Crippen molar-refractivity contribution >= 4 is 5.91 Å². The molecule has 1 aromatic rings. The van der Waals surface area contributed by atoms with Crippen LogP contribution >= 0.6 is 0 Å². The highest BCUT2D eigenvalue weighted by molar-refractivity contribution is 5.97. The molecule has 1 aliphatic heterocycles. The number of amides is 1. The second kappa shape index (κ2) is 6.13. The minimum Gasteiger partial charge on any atom is -0.497 e. The molecule has 0 saturated carbocycles. The zero-order valence-electron chi connectivity index (χ0n) is 12.3. The number of methoxy groups -OCH3 is 2. The first kappa shape index (κ1) is 14.7. The first-order valence-electron chi connectivity index (χ1n) is 6.85. The number of carbonyl (C=O) groups excluding carboxylic acids is 1. The molecular formula is C15H22N2O3. The Kier molecular flexibility index (Phi) is 4.49. The van der Waals surface area contributed by atoms with E-state index in [2.05, 4.69) is 0 Å². The van der Waals surface area contributed by atoms with Gasteiger partial charge in [-0.25, -0.2) is 0 Å². The van der Waals surface area contributed by atoms with Crippen LogP contribution in [0.2, 0.25) is 0 Å². The summed E-state index contributed by atoms with van der Waals surface area (Å²) in [5.74, 6) is 1.20. The van der Waals surface area contributed by atoms with Crippen molar-refractivity contribution in [2.75, 3.05) is 20.8 Å². The smallest absolute Gasteiger partial charge is 0.257 e. The van der Waals surface area contributed by atoms with Gasteiger partial charge in [0.1, 0.15) is 11.5 Å². The molecule has 2 unspecified atom stereocenters. The van der Waals surface area contributed by atoms with E-state index < -0.39 is 0 Å². The molecule has 110 valence electrons. The maximum absolute atomic E-state index is 12.7. The number of ether oxygens (including phenoxy) is 2. The van der Waals surface area contributed by atoms with Crippen molar-refractivity contribution in [2.24, 2.45) is 5.73 Å². The van der Waals surface area contributed by atoms with E-state index in [-0.39, 0.29) is 18.0 Å². The number of carbonyl (C=O) groups is 1. The quantitative estimate of drug-likeness (QED) is 0.913. The minimum atomic E-state index is -0.0103. The lowest BCUT2D eigenvalue weighted by Crippen LogP contribution is -2.48. The molecule has 0 radical (unpaired) electrons. The first-order valence-corrected chi connectivity index (χ1v) is 6.85. The Morgan fingerprint density at radius 2 is 2.10 bits per heavy atom. The molecule has 0 aliphatic carbocycles. The molecule has 0 spiro atoms. The molecule has 0 bridgehead atoms. The van der Waals surface area contributed by atoms with Gasteiger partial charge in [0.05, 0.1) is 19.8 Å². The zero-order valence-corrected chi connectivity index (χ0v) is 12.3. The molecule has 0 aromatic heterocycles. The van der Waals surface area contributed by atoms with Crippen LogP contribution in [-0.4, -0.2) is 43.7 Å². The van der Waals surface area contributed by atoms with Gasteiger partial charge in [0.2, 0.25) is 0 Å². The van der Waals surface area contributed by atoms with Crippen LogP contribution in [0.3, 0.4) is 0 Å². The second-order valence-corrected chi connectivity index (χ2v) is 5.20. The van der Waals surface area contributed by atoms with E-state index in [1.807, 2.05) is 11.8 Å². The summed E-state index contributed by atoms with van der Waals surface area (Å²) < 4.78 is 10.5. The van der Waals surface area contributed by atoms with Gasteiger partial charge in [0.15, 0.2) is 0 Å². The lowest BCUT2D eigenvalue weighted by atomic mass is 9.98. The van der Waals surface area contributed by atoms with Crippen molar-refractivity contribution < 1.29 is 14.3 Å². The molecular weight excluding hydrogens is 256 g/mol. The van der Waals surface area contributed by atoms with Gasteiger partial charge in [-0.3, -0.25) is 4.79 Å². The van der Waals surface area contributed by atoms with E-state index in [9.17, 15) is 4.79 Å². The summed E-state index contributed by atoms with van der Waals surface area (Å²) in [7, 11) is 3.14. The van der Waals surface area contributed by atoms with Crippen LogP contribution in [0.25, 0.3) is 0 Å². The number of rotatable bonds is 3. The van der Waals surface area contributed by atoms with Crippen molar-refractivity contribution in [3.8, 4) is 11.5 Å². The highest BCUT2D eigenvalue weighted by atomic mass is 16.5. The third-order valence-corrected chi connectivity index (χ3v) is 3.82. The van der Waals surface area contributed by atoms with E-state index >= 15 is 0 Å². The Balaban J connectivity index is 2.24. The number of nitrogens with two attached hydrogens (primary N) is 1. The van der Waals surface area contributed by atoms with Crippen LogP contribution in [0.15, 0.2) is 18.2 Å². The summed E-state index contributed by atoms with van der Waals surface area (Å²) >= 11 is 0.